The van der Waals surface area contributed by atoms with E-state index in [0.29, 0.717) is 5.82 Å². The first-order valence-corrected chi connectivity index (χ1v) is 9.05. The van der Waals surface area contributed by atoms with Crippen molar-refractivity contribution < 1.29 is 22.7 Å². The van der Waals surface area contributed by atoms with Gasteiger partial charge in [0.2, 0.25) is 0 Å². The minimum atomic E-state index is -4.94. The zero-order valence-corrected chi connectivity index (χ0v) is 16.7. The highest BCUT2D eigenvalue weighted by atomic mass is 35.5. The van der Waals surface area contributed by atoms with Crippen molar-refractivity contribution in [1.82, 2.24) is 29.6 Å². The fraction of sp³-hybridized carbons (Fsp3) is 0.211. The molecule has 12 heteroatoms. The van der Waals surface area contributed by atoms with Gasteiger partial charge in [-0.3, -0.25) is 4.79 Å². The number of carbonyl (C=O) groups is 1. The molecule has 31 heavy (non-hydrogen) atoms. The van der Waals surface area contributed by atoms with Crippen molar-refractivity contribution in [2.45, 2.75) is 19.3 Å². The maximum absolute atomic E-state index is 13.1. The Morgan fingerprint density at radius 3 is 2.65 bits per heavy atom. The standard InChI is InChI=1S/C19H14ClF3N6O2/c1-3-7-28(12(2)16-26-11-27-29(16)18-24-5-4-6-25-18)17(30)13-8-14(20)10-15(9-13)31-19(21,22)23/h1,4-6,8-12H,7H2,2H3. The summed E-state index contributed by atoms with van der Waals surface area (Å²) in [4.78, 5) is 26.7. The van der Waals surface area contributed by atoms with Crippen LogP contribution < -0.4 is 4.74 Å². The molecular weight excluding hydrogens is 437 g/mol. The van der Waals surface area contributed by atoms with E-state index in [9.17, 15) is 18.0 Å². The molecule has 0 N–H and O–H groups in total. The van der Waals surface area contributed by atoms with E-state index in [2.05, 4.69) is 30.7 Å². The first-order chi connectivity index (χ1) is 14.7. The topological polar surface area (TPSA) is 86.0 Å². The van der Waals surface area contributed by atoms with Gasteiger partial charge in [0.05, 0.1) is 12.6 Å². The van der Waals surface area contributed by atoms with Crippen LogP contribution >= 0.6 is 11.6 Å². The van der Waals surface area contributed by atoms with Crippen LogP contribution in [0.5, 0.6) is 5.75 Å². The summed E-state index contributed by atoms with van der Waals surface area (Å²) in [6.07, 6.45) is 4.76. The summed E-state index contributed by atoms with van der Waals surface area (Å²) in [5, 5.41) is 3.96. The summed E-state index contributed by atoms with van der Waals surface area (Å²) < 4.78 is 43.0. The molecule has 3 aromatic rings. The molecule has 0 saturated carbocycles. The van der Waals surface area contributed by atoms with Crippen LogP contribution in [0.4, 0.5) is 13.2 Å². The molecule has 0 aliphatic carbocycles. The Hall–Kier alpha value is -3.65. The van der Waals surface area contributed by atoms with Gasteiger partial charge in [-0.05, 0) is 31.2 Å². The van der Waals surface area contributed by atoms with Crippen LogP contribution in [0.25, 0.3) is 5.95 Å². The summed E-state index contributed by atoms with van der Waals surface area (Å²) in [6, 6.07) is 3.99. The number of halogens is 4. The number of nitrogens with zero attached hydrogens (tertiary/aromatic N) is 6. The number of hydrogen-bond acceptors (Lipinski definition) is 6. The number of terminal acetylenes is 1. The predicted molar refractivity (Wildman–Crippen MR) is 103 cm³/mol. The number of aromatic nitrogens is 5. The van der Waals surface area contributed by atoms with E-state index in [4.69, 9.17) is 18.0 Å². The quantitative estimate of drug-likeness (QED) is 0.535. The van der Waals surface area contributed by atoms with Gasteiger partial charge in [-0.15, -0.1) is 19.6 Å². The van der Waals surface area contributed by atoms with Gasteiger partial charge in [-0.2, -0.15) is 9.78 Å². The molecule has 0 bridgehead atoms. The highest BCUT2D eigenvalue weighted by Crippen LogP contribution is 2.29. The van der Waals surface area contributed by atoms with E-state index in [-0.39, 0.29) is 23.1 Å². The number of benzene rings is 1. The highest BCUT2D eigenvalue weighted by Gasteiger charge is 2.32. The Morgan fingerprint density at radius 2 is 2.00 bits per heavy atom. The number of ether oxygens (including phenoxy) is 1. The van der Waals surface area contributed by atoms with Crippen molar-refractivity contribution in [3.8, 4) is 24.0 Å². The summed E-state index contributed by atoms with van der Waals surface area (Å²) in [6.45, 7) is 1.47. The monoisotopic (exact) mass is 450 g/mol. The summed E-state index contributed by atoms with van der Waals surface area (Å²) in [7, 11) is 0. The molecule has 1 unspecified atom stereocenters. The van der Waals surface area contributed by atoms with Crippen molar-refractivity contribution in [3.05, 3.63) is 59.4 Å². The van der Waals surface area contributed by atoms with Crippen LogP contribution in [0, 0.1) is 12.3 Å². The maximum Gasteiger partial charge on any atom is 0.573 e. The molecule has 3 rings (SSSR count). The second-order valence-electron chi connectivity index (χ2n) is 6.12. The van der Waals surface area contributed by atoms with Crippen molar-refractivity contribution in [3.63, 3.8) is 0 Å². The summed E-state index contributed by atoms with van der Waals surface area (Å²) in [5.41, 5.74) is -0.143. The lowest BCUT2D eigenvalue weighted by atomic mass is 10.1. The fourth-order valence-electron chi connectivity index (χ4n) is 2.76. The minimum absolute atomic E-state index is 0.112. The van der Waals surface area contributed by atoms with Crippen LogP contribution in [-0.4, -0.2) is 48.4 Å². The average molecular weight is 451 g/mol. The molecule has 0 spiro atoms. The van der Waals surface area contributed by atoms with E-state index >= 15 is 0 Å². The second-order valence-corrected chi connectivity index (χ2v) is 6.55. The molecular formula is C19H14ClF3N6O2. The molecule has 8 nitrogen and oxygen atoms in total. The molecule has 160 valence electrons. The fourth-order valence-corrected chi connectivity index (χ4v) is 2.98. The Morgan fingerprint density at radius 1 is 1.29 bits per heavy atom. The van der Waals surface area contributed by atoms with E-state index in [0.717, 1.165) is 12.1 Å². The molecule has 0 aliphatic heterocycles. The molecule has 1 atom stereocenters. The molecule has 2 heterocycles. The summed E-state index contributed by atoms with van der Waals surface area (Å²) >= 11 is 5.89. The molecule has 0 radical (unpaired) electrons. The predicted octanol–water partition coefficient (Wildman–Crippen LogP) is 3.45. The van der Waals surface area contributed by atoms with Crippen molar-refractivity contribution in [2.24, 2.45) is 0 Å². The van der Waals surface area contributed by atoms with Crippen LogP contribution in [0.3, 0.4) is 0 Å². The number of alkyl halides is 3. The largest absolute Gasteiger partial charge is 0.573 e. The van der Waals surface area contributed by atoms with E-state index in [1.165, 1.54) is 34.4 Å². The van der Waals surface area contributed by atoms with Crippen LogP contribution in [0.1, 0.15) is 29.1 Å². The smallest absolute Gasteiger partial charge is 0.406 e. The van der Waals surface area contributed by atoms with Gasteiger partial charge in [-0.1, -0.05) is 17.5 Å². The van der Waals surface area contributed by atoms with Gasteiger partial charge >= 0.3 is 6.36 Å². The first kappa shape index (κ1) is 22.0. The first-order valence-electron chi connectivity index (χ1n) is 8.67. The highest BCUT2D eigenvalue weighted by molar-refractivity contribution is 6.31. The molecule has 1 amide bonds. The third-order valence-electron chi connectivity index (χ3n) is 4.03. The van der Waals surface area contributed by atoms with E-state index < -0.39 is 24.1 Å². The van der Waals surface area contributed by atoms with E-state index in [1.54, 1.807) is 13.0 Å². The lowest BCUT2D eigenvalue weighted by Crippen LogP contribution is -2.35. The zero-order chi connectivity index (χ0) is 22.6. The average Bonchev–Trinajstić information content (AvgIpc) is 3.20. The Bertz CT molecular complexity index is 1110. The van der Waals surface area contributed by atoms with Crippen LogP contribution in [-0.2, 0) is 0 Å². The van der Waals surface area contributed by atoms with Crippen molar-refractivity contribution in [1.29, 1.82) is 0 Å². The van der Waals surface area contributed by atoms with Gasteiger partial charge in [-0.25, -0.2) is 15.0 Å². The number of hydrogen-bond donors (Lipinski definition) is 0. The molecule has 0 aliphatic rings. The Kier molecular flexibility index (Phi) is 6.41. The van der Waals surface area contributed by atoms with Gasteiger partial charge < -0.3 is 9.64 Å². The molecule has 1 aromatic carbocycles. The molecule has 0 fully saturated rings. The lowest BCUT2D eigenvalue weighted by Gasteiger charge is -2.27. The van der Waals surface area contributed by atoms with Crippen molar-refractivity contribution in [2.75, 3.05) is 6.54 Å². The number of amides is 1. The van der Waals surface area contributed by atoms with Gasteiger partial charge in [0.15, 0.2) is 5.82 Å². The molecule has 0 saturated heterocycles. The van der Waals surface area contributed by atoms with Gasteiger partial charge in [0.25, 0.3) is 11.9 Å². The number of rotatable bonds is 6. The SMILES string of the molecule is C#CCN(C(=O)c1cc(Cl)cc(OC(F)(F)F)c1)C(C)c1ncnn1-c1ncccn1. The third-order valence-corrected chi connectivity index (χ3v) is 4.25. The lowest BCUT2D eigenvalue weighted by molar-refractivity contribution is -0.274. The summed E-state index contributed by atoms with van der Waals surface area (Å²) in [5.74, 6) is 1.57. The molecule has 2 aromatic heterocycles. The van der Waals surface area contributed by atoms with Crippen molar-refractivity contribution >= 4 is 17.5 Å². The van der Waals surface area contributed by atoms with Gasteiger partial charge in [0.1, 0.15) is 12.1 Å². The zero-order valence-electron chi connectivity index (χ0n) is 15.9. The van der Waals surface area contributed by atoms with Crippen LogP contribution in [0.2, 0.25) is 5.02 Å². The Balaban J connectivity index is 1.96. The Labute approximate surface area is 179 Å². The third kappa shape index (κ3) is 5.29. The minimum Gasteiger partial charge on any atom is -0.406 e. The van der Waals surface area contributed by atoms with E-state index in [1.807, 2.05) is 0 Å². The normalized spacial score (nSPS) is 12.1. The van der Waals surface area contributed by atoms with Gasteiger partial charge in [0, 0.05) is 23.0 Å². The number of carbonyl (C=O) groups excluding carboxylic acids is 1. The van der Waals surface area contributed by atoms with Crippen LogP contribution in [0.15, 0.2) is 43.0 Å². The second kappa shape index (κ2) is 9.01. The maximum atomic E-state index is 13.1.